The number of halogens is 1. The first-order chi connectivity index (χ1) is 8.59. The van der Waals surface area contributed by atoms with Crippen LogP contribution in [0.15, 0.2) is 12.1 Å². The van der Waals surface area contributed by atoms with Crippen molar-refractivity contribution >= 4 is 28.9 Å². The van der Waals surface area contributed by atoms with Gasteiger partial charge in [-0.3, -0.25) is 4.79 Å². The van der Waals surface area contributed by atoms with Crippen LogP contribution in [0.3, 0.4) is 0 Å². The second kappa shape index (κ2) is 4.14. The van der Waals surface area contributed by atoms with E-state index >= 15 is 0 Å². The van der Waals surface area contributed by atoms with Crippen molar-refractivity contribution in [1.29, 1.82) is 0 Å². The van der Waals surface area contributed by atoms with Gasteiger partial charge in [0, 0.05) is 31.7 Å². The zero-order chi connectivity index (χ0) is 12.9. The van der Waals surface area contributed by atoms with Gasteiger partial charge in [-0.25, -0.2) is 0 Å². The lowest BCUT2D eigenvalue weighted by Gasteiger charge is -2.45. The monoisotopic (exact) mass is 265 g/mol. The van der Waals surface area contributed by atoms with E-state index in [9.17, 15) is 4.79 Å². The Morgan fingerprint density at radius 2 is 2.22 bits per heavy atom. The van der Waals surface area contributed by atoms with Crippen LogP contribution in [0.5, 0.6) is 0 Å². The molecule has 1 fully saturated rings. The van der Waals surface area contributed by atoms with Gasteiger partial charge in [-0.15, -0.1) is 0 Å². The Morgan fingerprint density at radius 1 is 1.44 bits per heavy atom. The van der Waals surface area contributed by atoms with Gasteiger partial charge in [-0.05, 0) is 24.6 Å². The minimum atomic E-state index is -0.0869. The molecule has 1 N–H and O–H groups in total. The third kappa shape index (κ3) is 1.60. The summed E-state index contributed by atoms with van der Waals surface area (Å²) < 4.78 is 0. The molecule has 2 aliphatic rings. The van der Waals surface area contributed by atoms with Gasteiger partial charge < -0.3 is 15.1 Å². The van der Waals surface area contributed by atoms with E-state index in [0.717, 1.165) is 30.0 Å². The first kappa shape index (κ1) is 11.8. The molecule has 1 aromatic carbocycles. The largest absolute Gasteiger partial charge is 0.355 e. The van der Waals surface area contributed by atoms with E-state index < -0.39 is 0 Å². The van der Waals surface area contributed by atoms with Crippen LogP contribution in [0.1, 0.15) is 5.56 Å². The number of aryl methyl sites for hydroxylation is 1. The van der Waals surface area contributed by atoms with E-state index in [1.807, 2.05) is 26.1 Å². The number of benzene rings is 1. The standard InChI is InChI=1S/C13H16ClN3O/c1-8-5-9(14)6-10-12(8)17-4-3-15-7-11(17)13(18)16(10)2/h5-6,11,15H,3-4,7H2,1-2H3. The summed E-state index contributed by atoms with van der Waals surface area (Å²) in [5.41, 5.74) is 3.19. The number of carbonyl (C=O) groups excluding carboxylic acids is 1. The van der Waals surface area contributed by atoms with Gasteiger partial charge in [0.15, 0.2) is 0 Å². The number of hydrogen-bond acceptors (Lipinski definition) is 3. The number of fused-ring (bicyclic) bond motifs is 3. The van der Waals surface area contributed by atoms with Crippen LogP contribution < -0.4 is 15.1 Å². The maximum Gasteiger partial charge on any atom is 0.250 e. The molecule has 1 atom stereocenters. The van der Waals surface area contributed by atoms with Crippen molar-refractivity contribution in [2.45, 2.75) is 13.0 Å². The molecule has 0 bridgehead atoms. The third-order valence-electron chi connectivity index (χ3n) is 3.75. The zero-order valence-electron chi connectivity index (χ0n) is 10.5. The Hall–Kier alpha value is -1.26. The molecule has 96 valence electrons. The highest BCUT2D eigenvalue weighted by molar-refractivity contribution is 6.31. The summed E-state index contributed by atoms with van der Waals surface area (Å²) in [5, 5.41) is 3.96. The van der Waals surface area contributed by atoms with Crippen LogP contribution >= 0.6 is 11.6 Å². The van der Waals surface area contributed by atoms with Gasteiger partial charge in [0.2, 0.25) is 0 Å². The third-order valence-corrected chi connectivity index (χ3v) is 3.97. The van der Waals surface area contributed by atoms with Crippen LogP contribution in [-0.4, -0.2) is 38.6 Å². The van der Waals surface area contributed by atoms with Crippen molar-refractivity contribution in [3.63, 3.8) is 0 Å². The molecule has 0 aliphatic carbocycles. The molecule has 1 aromatic rings. The first-order valence-corrected chi connectivity index (χ1v) is 6.52. The van der Waals surface area contributed by atoms with Gasteiger partial charge in [0.05, 0.1) is 11.4 Å². The Bertz CT molecular complexity index is 517. The van der Waals surface area contributed by atoms with Gasteiger partial charge in [-0.2, -0.15) is 0 Å². The van der Waals surface area contributed by atoms with Crippen molar-refractivity contribution in [2.24, 2.45) is 0 Å². The lowest BCUT2D eigenvalue weighted by atomic mass is 10.0. The summed E-state index contributed by atoms with van der Waals surface area (Å²) in [6, 6.07) is 3.75. The Labute approximate surface area is 112 Å². The fraction of sp³-hybridized carbons (Fsp3) is 0.462. The molecule has 18 heavy (non-hydrogen) atoms. The summed E-state index contributed by atoms with van der Waals surface area (Å²) in [7, 11) is 1.82. The SMILES string of the molecule is Cc1cc(Cl)cc2c1N1CCNCC1C(=O)N2C. The molecular formula is C13H16ClN3O. The molecule has 0 spiro atoms. The van der Waals surface area contributed by atoms with Crippen LogP contribution in [-0.2, 0) is 4.79 Å². The molecule has 1 amide bonds. The van der Waals surface area contributed by atoms with E-state index in [4.69, 9.17) is 11.6 Å². The van der Waals surface area contributed by atoms with Crippen molar-refractivity contribution in [3.05, 3.63) is 22.7 Å². The molecule has 2 aliphatic heterocycles. The highest BCUT2D eigenvalue weighted by atomic mass is 35.5. The molecular weight excluding hydrogens is 250 g/mol. The smallest absolute Gasteiger partial charge is 0.250 e. The van der Waals surface area contributed by atoms with Gasteiger partial charge in [-0.1, -0.05) is 11.6 Å². The summed E-state index contributed by atoms with van der Waals surface area (Å²) >= 11 is 6.10. The maximum absolute atomic E-state index is 12.3. The second-order valence-electron chi connectivity index (χ2n) is 4.90. The number of piperazine rings is 1. The fourth-order valence-electron chi connectivity index (χ4n) is 2.88. The molecule has 3 rings (SSSR count). The number of hydrogen-bond donors (Lipinski definition) is 1. The van der Waals surface area contributed by atoms with Crippen LogP contribution in [0.4, 0.5) is 11.4 Å². The molecule has 4 nitrogen and oxygen atoms in total. The Morgan fingerprint density at radius 3 is 3.00 bits per heavy atom. The van der Waals surface area contributed by atoms with Crippen LogP contribution in [0.25, 0.3) is 0 Å². The van der Waals surface area contributed by atoms with Gasteiger partial charge in [0.25, 0.3) is 5.91 Å². The maximum atomic E-state index is 12.3. The minimum absolute atomic E-state index is 0.0869. The Balaban J connectivity index is 2.18. The summed E-state index contributed by atoms with van der Waals surface area (Å²) in [4.78, 5) is 16.3. The molecule has 0 radical (unpaired) electrons. The lowest BCUT2D eigenvalue weighted by Crippen LogP contribution is -2.61. The summed E-state index contributed by atoms with van der Waals surface area (Å²) in [6.45, 7) is 4.53. The van der Waals surface area contributed by atoms with Crippen LogP contribution in [0.2, 0.25) is 5.02 Å². The van der Waals surface area contributed by atoms with Crippen molar-refractivity contribution in [2.75, 3.05) is 36.5 Å². The van der Waals surface area contributed by atoms with E-state index in [-0.39, 0.29) is 11.9 Å². The van der Waals surface area contributed by atoms with E-state index in [1.165, 1.54) is 0 Å². The second-order valence-corrected chi connectivity index (χ2v) is 5.34. The van der Waals surface area contributed by atoms with E-state index in [1.54, 1.807) is 4.90 Å². The van der Waals surface area contributed by atoms with E-state index in [2.05, 4.69) is 10.2 Å². The topological polar surface area (TPSA) is 35.6 Å². The predicted octanol–water partition coefficient (Wildman–Crippen LogP) is 1.40. The molecule has 1 unspecified atom stereocenters. The average molecular weight is 266 g/mol. The average Bonchev–Trinajstić information content (AvgIpc) is 2.35. The molecule has 5 heteroatoms. The highest BCUT2D eigenvalue weighted by Gasteiger charge is 2.38. The molecule has 0 aromatic heterocycles. The number of carbonyl (C=O) groups is 1. The number of nitrogens with one attached hydrogen (secondary N) is 1. The quantitative estimate of drug-likeness (QED) is 0.770. The number of rotatable bonds is 0. The molecule has 0 saturated carbocycles. The van der Waals surface area contributed by atoms with Gasteiger partial charge >= 0.3 is 0 Å². The number of likely N-dealkylation sites (N-methyl/N-ethyl adjacent to an activating group) is 1. The zero-order valence-corrected chi connectivity index (χ0v) is 11.3. The summed E-state index contributed by atoms with van der Waals surface area (Å²) in [5.74, 6) is 0.136. The number of anilines is 2. The van der Waals surface area contributed by atoms with Crippen molar-refractivity contribution in [3.8, 4) is 0 Å². The molecule has 1 saturated heterocycles. The normalized spacial score (nSPS) is 22.8. The van der Waals surface area contributed by atoms with Crippen molar-refractivity contribution in [1.82, 2.24) is 5.32 Å². The Kier molecular flexibility index (Phi) is 2.72. The fourth-order valence-corrected chi connectivity index (χ4v) is 3.15. The van der Waals surface area contributed by atoms with E-state index in [0.29, 0.717) is 11.6 Å². The number of amides is 1. The lowest BCUT2D eigenvalue weighted by molar-refractivity contribution is -0.120. The molecule has 2 heterocycles. The minimum Gasteiger partial charge on any atom is -0.355 e. The highest BCUT2D eigenvalue weighted by Crippen LogP contribution is 2.40. The predicted molar refractivity (Wildman–Crippen MR) is 73.6 cm³/mol. The first-order valence-electron chi connectivity index (χ1n) is 6.14. The summed E-state index contributed by atoms with van der Waals surface area (Å²) in [6.07, 6.45) is 0. The van der Waals surface area contributed by atoms with Crippen molar-refractivity contribution < 1.29 is 4.79 Å². The van der Waals surface area contributed by atoms with Crippen LogP contribution in [0, 0.1) is 6.92 Å². The van der Waals surface area contributed by atoms with Gasteiger partial charge in [0.1, 0.15) is 6.04 Å². The number of nitrogens with zero attached hydrogens (tertiary/aromatic N) is 2.